The predicted octanol–water partition coefficient (Wildman–Crippen LogP) is 1.97. The first kappa shape index (κ1) is 9.21. The van der Waals surface area contributed by atoms with Crippen molar-refractivity contribution in [2.24, 2.45) is 0 Å². The third kappa shape index (κ3) is 8.21. The fourth-order valence-electron chi connectivity index (χ4n) is 0.440. The van der Waals surface area contributed by atoms with Gasteiger partial charge < -0.3 is 0 Å². The normalized spacial score (nSPS) is 18.0. The van der Waals surface area contributed by atoms with E-state index in [0.717, 1.165) is 31.9 Å². The molecular formula is C6H13ClO2. The minimum absolute atomic E-state index is 0.722. The summed E-state index contributed by atoms with van der Waals surface area (Å²) in [5.41, 5.74) is 0. The molecule has 0 aliphatic carbocycles. The first-order valence-electron chi connectivity index (χ1n) is 3.22. The summed E-state index contributed by atoms with van der Waals surface area (Å²) in [6.45, 7) is 3.45. The van der Waals surface area contributed by atoms with Crippen LogP contribution in [0.15, 0.2) is 0 Å². The van der Waals surface area contributed by atoms with E-state index in [9.17, 15) is 0 Å². The zero-order valence-corrected chi connectivity index (χ0v) is 6.49. The van der Waals surface area contributed by atoms with Crippen LogP contribution in [0.2, 0.25) is 0 Å². The van der Waals surface area contributed by atoms with Gasteiger partial charge in [0.05, 0.1) is 13.2 Å². The van der Waals surface area contributed by atoms with Crippen LogP contribution in [0.4, 0.5) is 0 Å². The second kappa shape index (κ2) is 8.21. The van der Waals surface area contributed by atoms with E-state index < -0.39 is 0 Å². The van der Waals surface area contributed by atoms with Crippen LogP contribution in [-0.2, 0) is 9.78 Å². The molecule has 0 amide bonds. The monoisotopic (exact) mass is 152 g/mol. The largest absolute Gasteiger partial charge is 0.237 e. The first-order valence-corrected chi connectivity index (χ1v) is 3.75. The molecule has 0 saturated carbocycles. The van der Waals surface area contributed by atoms with Crippen molar-refractivity contribution in [1.29, 1.82) is 0 Å². The van der Waals surface area contributed by atoms with E-state index in [2.05, 4.69) is 9.78 Å². The molecule has 0 bridgehead atoms. The van der Waals surface area contributed by atoms with Gasteiger partial charge in [-0.1, -0.05) is 6.92 Å². The van der Waals surface area contributed by atoms with Gasteiger partial charge in [0.25, 0.3) is 0 Å². The van der Waals surface area contributed by atoms with E-state index in [1.54, 1.807) is 0 Å². The van der Waals surface area contributed by atoms with E-state index in [1.807, 2.05) is 6.92 Å². The van der Waals surface area contributed by atoms with Crippen LogP contribution in [-0.4, -0.2) is 19.1 Å². The molecule has 3 heteroatoms. The summed E-state index contributed by atoms with van der Waals surface area (Å²) in [6, 6.07) is 0. The average Bonchev–Trinajstić information content (AvgIpc) is 1.93. The van der Waals surface area contributed by atoms with Gasteiger partial charge in [-0.3, -0.25) is 0 Å². The van der Waals surface area contributed by atoms with Crippen molar-refractivity contribution >= 4 is 11.6 Å². The molecule has 1 saturated heterocycles. The number of halogens is 1. The Kier molecular flexibility index (Phi) is 8.40. The molecule has 1 rings (SSSR count). The minimum Gasteiger partial charge on any atom is -0.237 e. The Labute approximate surface area is 61.0 Å². The van der Waals surface area contributed by atoms with Gasteiger partial charge in [-0.05, 0) is 12.8 Å². The molecule has 0 unspecified atom stereocenters. The molecule has 0 N–H and O–H groups in total. The number of rotatable bonds is 0. The second-order valence-corrected chi connectivity index (χ2v) is 2.15. The topological polar surface area (TPSA) is 18.5 Å². The van der Waals surface area contributed by atoms with Crippen LogP contribution in [0, 0.1) is 0 Å². The molecule has 1 fully saturated rings. The van der Waals surface area contributed by atoms with Gasteiger partial charge >= 0.3 is 0 Å². The van der Waals surface area contributed by atoms with Gasteiger partial charge in [0.1, 0.15) is 0 Å². The Bertz CT molecular complexity index is 34.8. The van der Waals surface area contributed by atoms with Crippen LogP contribution in [0.25, 0.3) is 0 Å². The maximum Gasteiger partial charge on any atom is 0.0823 e. The maximum absolute atomic E-state index is 5.00. The Hall–Kier alpha value is 0.210. The highest BCUT2D eigenvalue weighted by Gasteiger charge is 1.95. The summed E-state index contributed by atoms with van der Waals surface area (Å²) >= 11 is 5.00. The zero-order valence-electron chi connectivity index (χ0n) is 5.73. The zero-order chi connectivity index (χ0) is 6.95. The van der Waals surface area contributed by atoms with E-state index in [4.69, 9.17) is 11.6 Å². The summed E-state index contributed by atoms with van der Waals surface area (Å²) in [5.74, 6) is 0.722. The van der Waals surface area contributed by atoms with Crippen molar-refractivity contribution < 1.29 is 9.78 Å². The van der Waals surface area contributed by atoms with Gasteiger partial charge in [0.15, 0.2) is 0 Å². The lowest BCUT2D eigenvalue weighted by Crippen LogP contribution is -2.05. The van der Waals surface area contributed by atoms with E-state index in [0.29, 0.717) is 0 Å². The SMILES string of the molecule is C1CCOOC1.CCCl. The standard InChI is InChI=1S/C4H8O2.C2H5Cl/c1-2-4-6-5-3-1;1-2-3/h1-4H2;2H2,1H3. The first-order chi connectivity index (χ1) is 4.41. The molecule has 0 aromatic heterocycles. The second-order valence-electron chi connectivity index (χ2n) is 1.62. The fraction of sp³-hybridized carbons (Fsp3) is 1.00. The molecule has 0 radical (unpaired) electrons. The van der Waals surface area contributed by atoms with Crippen molar-refractivity contribution in [2.75, 3.05) is 19.1 Å². The van der Waals surface area contributed by atoms with Gasteiger partial charge in [0.2, 0.25) is 0 Å². The van der Waals surface area contributed by atoms with Crippen molar-refractivity contribution in [3.8, 4) is 0 Å². The Morgan fingerprint density at radius 2 is 1.56 bits per heavy atom. The molecule has 0 spiro atoms. The third-order valence-electron chi connectivity index (χ3n) is 0.789. The summed E-state index contributed by atoms with van der Waals surface area (Å²) in [4.78, 5) is 9.14. The van der Waals surface area contributed by atoms with Crippen LogP contribution in [0.5, 0.6) is 0 Å². The van der Waals surface area contributed by atoms with Gasteiger partial charge in [-0.15, -0.1) is 11.6 Å². The lowest BCUT2D eigenvalue weighted by molar-refractivity contribution is -0.312. The van der Waals surface area contributed by atoms with Crippen molar-refractivity contribution in [3.63, 3.8) is 0 Å². The Morgan fingerprint density at radius 1 is 1.22 bits per heavy atom. The molecular weight excluding hydrogens is 140 g/mol. The molecule has 1 aliphatic heterocycles. The van der Waals surface area contributed by atoms with E-state index in [-0.39, 0.29) is 0 Å². The molecule has 56 valence electrons. The Morgan fingerprint density at radius 3 is 1.67 bits per heavy atom. The number of alkyl halides is 1. The minimum atomic E-state index is 0.722. The fourth-order valence-corrected chi connectivity index (χ4v) is 0.440. The molecule has 1 heterocycles. The molecule has 0 atom stereocenters. The van der Waals surface area contributed by atoms with E-state index >= 15 is 0 Å². The highest BCUT2D eigenvalue weighted by molar-refractivity contribution is 6.17. The quantitative estimate of drug-likeness (QED) is 0.390. The van der Waals surface area contributed by atoms with Crippen molar-refractivity contribution in [1.82, 2.24) is 0 Å². The third-order valence-corrected chi connectivity index (χ3v) is 0.789. The van der Waals surface area contributed by atoms with Crippen molar-refractivity contribution in [2.45, 2.75) is 19.8 Å². The lowest BCUT2D eigenvalue weighted by Gasteiger charge is -2.07. The summed E-state index contributed by atoms with van der Waals surface area (Å²) < 4.78 is 0. The van der Waals surface area contributed by atoms with Gasteiger partial charge in [-0.25, -0.2) is 9.78 Å². The molecule has 0 aromatic rings. The van der Waals surface area contributed by atoms with Gasteiger partial charge in [-0.2, -0.15) is 0 Å². The lowest BCUT2D eigenvalue weighted by atomic mass is 10.3. The Balaban J connectivity index is 0.000000187. The molecule has 0 aromatic carbocycles. The summed E-state index contributed by atoms with van der Waals surface area (Å²) in [5, 5.41) is 0. The highest BCUT2D eigenvalue weighted by atomic mass is 35.5. The average molecular weight is 153 g/mol. The van der Waals surface area contributed by atoms with E-state index in [1.165, 1.54) is 0 Å². The van der Waals surface area contributed by atoms with Crippen LogP contribution >= 0.6 is 11.6 Å². The molecule has 9 heavy (non-hydrogen) atoms. The molecule has 1 aliphatic rings. The van der Waals surface area contributed by atoms with Crippen LogP contribution in [0.1, 0.15) is 19.8 Å². The summed E-state index contributed by atoms with van der Waals surface area (Å²) in [7, 11) is 0. The number of hydrogen-bond acceptors (Lipinski definition) is 2. The van der Waals surface area contributed by atoms with Crippen LogP contribution in [0.3, 0.4) is 0 Å². The summed E-state index contributed by atoms with van der Waals surface area (Å²) in [6.07, 6.45) is 2.31. The molecule has 2 nitrogen and oxygen atoms in total. The van der Waals surface area contributed by atoms with Crippen LogP contribution < -0.4 is 0 Å². The maximum atomic E-state index is 5.00. The smallest absolute Gasteiger partial charge is 0.0823 e. The van der Waals surface area contributed by atoms with Gasteiger partial charge in [0, 0.05) is 5.88 Å². The predicted molar refractivity (Wildman–Crippen MR) is 37.5 cm³/mol. The highest BCUT2D eigenvalue weighted by Crippen LogP contribution is 1.97. The van der Waals surface area contributed by atoms with Crippen molar-refractivity contribution in [3.05, 3.63) is 0 Å². The number of hydrogen-bond donors (Lipinski definition) is 0.